The van der Waals surface area contributed by atoms with E-state index in [0.29, 0.717) is 22.3 Å². The molecule has 2 heterocycles. The van der Waals surface area contributed by atoms with Gasteiger partial charge in [0.25, 0.3) is 5.91 Å². The molecule has 1 aliphatic heterocycles. The largest absolute Gasteiger partial charge is 0.363 e. The summed E-state index contributed by atoms with van der Waals surface area (Å²) in [5.74, 6) is -0.805. The summed E-state index contributed by atoms with van der Waals surface area (Å²) in [7, 11) is 1.75. The van der Waals surface area contributed by atoms with Crippen LogP contribution in [0.25, 0.3) is 0 Å². The van der Waals surface area contributed by atoms with Gasteiger partial charge in [-0.3, -0.25) is 19.7 Å². The topological polar surface area (TPSA) is 104 Å². The lowest BCUT2D eigenvalue weighted by atomic mass is 9.78. The van der Waals surface area contributed by atoms with Gasteiger partial charge in [0.05, 0.1) is 5.75 Å². The van der Waals surface area contributed by atoms with Crippen LogP contribution in [0.3, 0.4) is 0 Å². The van der Waals surface area contributed by atoms with E-state index in [2.05, 4.69) is 20.8 Å². The fraction of sp³-hybridized carbons (Fsp3) is 0.643. The Bertz CT molecular complexity index is 657. The second-order valence-electron chi connectivity index (χ2n) is 5.86. The maximum absolute atomic E-state index is 12.7. The molecule has 0 atom stereocenters. The Labute approximate surface area is 147 Å². The Morgan fingerprint density at radius 2 is 2.08 bits per heavy atom. The third-order valence-corrected chi connectivity index (χ3v) is 6.47. The highest BCUT2D eigenvalue weighted by atomic mass is 32.2. The van der Waals surface area contributed by atoms with Gasteiger partial charge in [0.15, 0.2) is 4.34 Å². The lowest BCUT2D eigenvalue weighted by Crippen LogP contribution is -2.69. The smallest absolute Gasteiger partial charge is 0.252 e. The van der Waals surface area contributed by atoms with Crippen molar-refractivity contribution in [2.45, 2.75) is 42.0 Å². The van der Waals surface area contributed by atoms with Crippen molar-refractivity contribution >= 4 is 46.0 Å². The normalized spacial score (nSPS) is 20.1. The van der Waals surface area contributed by atoms with E-state index in [1.807, 2.05) is 0 Å². The van der Waals surface area contributed by atoms with Gasteiger partial charge >= 0.3 is 0 Å². The minimum Gasteiger partial charge on any atom is -0.363 e. The Balaban J connectivity index is 1.72. The molecule has 0 aromatic carbocycles. The minimum absolute atomic E-state index is 0.0526. The first-order valence-electron chi connectivity index (χ1n) is 7.84. The van der Waals surface area contributed by atoms with Gasteiger partial charge in [-0.05, 0) is 12.8 Å². The number of thioether (sulfide) groups is 1. The summed E-state index contributed by atoms with van der Waals surface area (Å²) >= 11 is 2.64. The molecule has 1 spiro atoms. The van der Waals surface area contributed by atoms with Crippen LogP contribution in [0.4, 0.5) is 5.13 Å². The van der Waals surface area contributed by atoms with Gasteiger partial charge in [0.1, 0.15) is 12.1 Å². The quantitative estimate of drug-likeness (QED) is 0.599. The standard InChI is InChI=1S/C14H19N5O3S2/c1-15-12-17-18-13(24-12)23-8-10(21)19-7-9(20)16-11(22)14(19)5-3-2-4-6-14/h2-8H2,1H3,(H,15,17)(H,16,20,22). The summed E-state index contributed by atoms with van der Waals surface area (Å²) in [5, 5.41) is 13.9. The van der Waals surface area contributed by atoms with Gasteiger partial charge in [-0.2, -0.15) is 0 Å². The predicted molar refractivity (Wildman–Crippen MR) is 90.9 cm³/mol. The number of amides is 3. The third-order valence-electron chi connectivity index (χ3n) is 4.42. The van der Waals surface area contributed by atoms with Crippen LogP contribution in [-0.2, 0) is 14.4 Å². The van der Waals surface area contributed by atoms with E-state index in [1.54, 1.807) is 7.05 Å². The highest BCUT2D eigenvalue weighted by Crippen LogP contribution is 2.36. The SMILES string of the molecule is CNc1nnc(SCC(=O)N2CC(=O)NC(=O)C23CCCCC3)s1. The number of aromatic nitrogens is 2. The Morgan fingerprint density at radius 1 is 1.33 bits per heavy atom. The molecule has 8 nitrogen and oxygen atoms in total. The number of hydrogen-bond acceptors (Lipinski definition) is 8. The van der Waals surface area contributed by atoms with Gasteiger partial charge < -0.3 is 10.2 Å². The van der Waals surface area contributed by atoms with Crippen LogP contribution in [0.2, 0.25) is 0 Å². The Morgan fingerprint density at radius 3 is 2.75 bits per heavy atom. The molecule has 0 radical (unpaired) electrons. The van der Waals surface area contributed by atoms with Crippen LogP contribution in [0.5, 0.6) is 0 Å². The number of piperazine rings is 1. The van der Waals surface area contributed by atoms with E-state index in [9.17, 15) is 14.4 Å². The first-order chi connectivity index (χ1) is 11.5. The molecule has 2 aliphatic rings. The number of nitrogens with zero attached hydrogens (tertiary/aromatic N) is 3. The number of carbonyl (C=O) groups is 3. The van der Waals surface area contributed by atoms with Crippen molar-refractivity contribution in [2.75, 3.05) is 24.7 Å². The number of nitrogens with one attached hydrogen (secondary N) is 2. The van der Waals surface area contributed by atoms with Crippen molar-refractivity contribution in [1.29, 1.82) is 0 Å². The van der Waals surface area contributed by atoms with E-state index in [1.165, 1.54) is 28.0 Å². The van der Waals surface area contributed by atoms with Gasteiger partial charge in [-0.1, -0.05) is 42.4 Å². The van der Waals surface area contributed by atoms with E-state index >= 15 is 0 Å². The maximum Gasteiger partial charge on any atom is 0.252 e. The monoisotopic (exact) mass is 369 g/mol. The molecule has 10 heteroatoms. The molecule has 3 amide bonds. The third kappa shape index (κ3) is 3.25. The van der Waals surface area contributed by atoms with Crippen LogP contribution in [0.1, 0.15) is 32.1 Å². The number of rotatable bonds is 4. The van der Waals surface area contributed by atoms with Crippen molar-refractivity contribution in [1.82, 2.24) is 20.4 Å². The fourth-order valence-corrected chi connectivity index (χ4v) is 4.81. The molecule has 1 aliphatic carbocycles. The molecule has 3 rings (SSSR count). The molecule has 1 aromatic rings. The minimum atomic E-state index is -0.860. The predicted octanol–water partition coefficient (Wildman–Crippen LogP) is 0.860. The summed E-state index contributed by atoms with van der Waals surface area (Å²) in [6.07, 6.45) is 4.06. The van der Waals surface area contributed by atoms with Crippen molar-refractivity contribution in [3.05, 3.63) is 0 Å². The second-order valence-corrected chi connectivity index (χ2v) is 8.06. The molecule has 1 saturated carbocycles. The van der Waals surface area contributed by atoms with Crippen molar-refractivity contribution in [2.24, 2.45) is 0 Å². The summed E-state index contributed by atoms with van der Waals surface area (Å²) < 4.78 is 0.679. The maximum atomic E-state index is 12.7. The number of imide groups is 1. The van der Waals surface area contributed by atoms with Gasteiger partial charge in [-0.25, -0.2) is 0 Å². The second kappa shape index (κ2) is 7.06. The van der Waals surface area contributed by atoms with E-state index in [4.69, 9.17) is 0 Å². The van der Waals surface area contributed by atoms with Gasteiger partial charge in [0.2, 0.25) is 16.9 Å². The average Bonchev–Trinajstić information content (AvgIpc) is 3.05. The van der Waals surface area contributed by atoms with E-state index < -0.39 is 11.4 Å². The zero-order chi connectivity index (χ0) is 17.2. The molecular formula is C14H19N5O3S2. The molecular weight excluding hydrogens is 350 g/mol. The molecule has 24 heavy (non-hydrogen) atoms. The fourth-order valence-electron chi connectivity index (χ4n) is 3.23. The number of carbonyl (C=O) groups excluding carboxylic acids is 3. The molecule has 0 bridgehead atoms. The number of hydrogen-bond donors (Lipinski definition) is 2. The van der Waals surface area contributed by atoms with E-state index in [-0.39, 0.29) is 24.1 Å². The highest BCUT2D eigenvalue weighted by molar-refractivity contribution is 8.01. The van der Waals surface area contributed by atoms with Crippen LogP contribution in [0.15, 0.2) is 4.34 Å². The van der Waals surface area contributed by atoms with E-state index in [0.717, 1.165) is 19.3 Å². The lowest BCUT2D eigenvalue weighted by molar-refractivity contribution is -0.158. The Hall–Kier alpha value is -1.68. The molecule has 1 aromatic heterocycles. The van der Waals surface area contributed by atoms with Gasteiger partial charge in [0, 0.05) is 7.05 Å². The molecule has 0 unspecified atom stereocenters. The zero-order valence-electron chi connectivity index (χ0n) is 13.3. The Kier molecular flexibility index (Phi) is 5.04. The number of anilines is 1. The molecule has 2 fully saturated rings. The lowest BCUT2D eigenvalue weighted by Gasteiger charge is -2.47. The summed E-state index contributed by atoms with van der Waals surface area (Å²) in [5.41, 5.74) is -0.860. The van der Waals surface area contributed by atoms with Crippen LogP contribution in [-0.4, -0.2) is 57.7 Å². The van der Waals surface area contributed by atoms with Crippen LogP contribution in [0, 0.1) is 0 Å². The molecule has 2 N–H and O–H groups in total. The first-order valence-corrected chi connectivity index (χ1v) is 9.64. The summed E-state index contributed by atoms with van der Waals surface area (Å²) in [4.78, 5) is 38.4. The summed E-state index contributed by atoms with van der Waals surface area (Å²) in [6.45, 7) is -0.0526. The molecule has 1 saturated heterocycles. The van der Waals surface area contributed by atoms with Crippen molar-refractivity contribution in [3.63, 3.8) is 0 Å². The zero-order valence-corrected chi connectivity index (χ0v) is 15.0. The average molecular weight is 369 g/mol. The van der Waals surface area contributed by atoms with Crippen molar-refractivity contribution < 1.29 is 14.4 Å². The van der Waals surface area contributed by atoms with Crippen molar-refractivity contribution in [3.8, 4) is 0 Å². The van der Waals surface area contributed by atoms with Gasteiger partial charge in [-0.15, -0.1) is 10.2 Å². The first kappa shape index (κ1) is 17.2. The highest BCUT2D eigenvalue weighted by Gasteiger charge is 2.50. The van der Waals surface area contributed by atoms with Crippen LogP contribution < -0.4 is 10.6 Å². The van der Waals surface area contributed by atoms with Crippen LogP contribution >= 0.6 is 23.1 Å². The summed E-state index contributed by atoms with van der Waals surface area (Å²) in [6, 6.07) is 0. The molecule has 130 valence electrons.